The Bertz CT molecular complexity index is 574. The van der Waals surface area contributed by atoms with Crippen LogP contribution in [0.1, 0.15) is 33.6 Å². The van der Waals surface area contributed by atoms with Gasteiger partial charge < -0.3 is 5.32 Å². The number of benzene rings is 1. The topological polar surface area (TPSA) is 42.7 Å². The molecule has 1 heterocycles. The SMILES string of the molecule is CC1CC(C)(C)CC1Nc1ccccc1-n1ccnn1. The second-order valence-corrected chi connectivity index (χ2v) is 6.67. The predicted octanol–water partition coefficient (Wildman–Crippen LogP) is 3.50. The van der Waals surface area contributed by atoms with Gasteiger partial charge in [0.1, 0.15) is 0 Å². The molecule has 1 aromatic carbocycles. The number of para-hydroxylation sites is 2. The van der Waals surface area contributed by atoms with E-state index < -0.39 is 0 Å². The van der Waals surface area contributed by atoms with Crippen molar-refractivity contribution in [2.75, 3.05) is 5.32 Å². The fourth-order valence-corrected chi connectivity index (χ4v) is 3.42. The highest BCUT2D eigenvalue weighted by atomic mass is 15.4. The Balaban J connectivity index is 1.85. The van der Waals surface area contributed by atoms with Crippen molar-refractivity contribution >= 4 is 5.69 Å². The number of nitrogens with one attached hydrogen (secondary N) is 1. The summed E-state index contributed by atoms with van der Waals surface area (Å²) < 4.78 is 1.81. The van der Waals surface area contributed by atoms with E-state index in [0.717, 1.165) is 11.4 Å². The van der Waals surface area contributed by atoms with Crippen LogP contribution in [0.2, 0.25) is 0 Å². The summed E-state index contributed by atoms with van der Waals surface area (Å²) in [6, 6.07) is 8.81. The van der Waals surface area contributed by atoms with Crippen molar-refractivity contribution in [3.63, 3.8) is 0 Å². The minimum atomic E-state index is 0.430. The van der Waals surface area contributed by atoms with Crippen molar-refractivity contribution in [2.45, 2.75) is 39.7 Å². The molecule has 2 atom stereocenters. The zero-order valence-corrected chi connectivity index (χ0v) is 12.4. The molecule has 4 heteroatoms. The molecule has 1 aliphatic rings. The van der Waals surface area contributed by atoms with Gasteiger partial charge in [-0.2, -0.15) is 0 Å². The smallest absolute Gasteiger partial charge is 0.0894 e. The van der Waals surface area contributed by atoms with Gasteiger partial charge in [0.2, 0.25) is 0 Å². The summed E-state index contributed by atoms with van der Waals surface area (Å²) in [5.41, 5.74) is 2.62. The van der Waals surface area contributed by atoms with E-state index in [-0.39, 0.29) is 0 Å². The van der Waals surface area contributed by atoms with Crippen LogP contribution in [0.25, 0.3) is 5.69 Å². The van der Waals surface area contributed by atoms with Crippen LogP contribution in [0, 0.1) is 11.3 Å². The van der Waals surface area contributed by atoms with Crippen LogP contribution in [0.15, 0.2) is 36.7 Å². The number of rotatable bonds is 3. The molecule has 0 aliphatic heterocycles. The van der Waals surface area contributed by atoms with Gasteiger partial charge in [-0.25, -0.2) is 4.68 Å². The molecule has 1 aliphatic carbocycles. The standard InChI is InChI=1S/C16H22N4/c1-12-10-16(2,3)11-14(12)18-13-6-4-5-7-15(13)20-9-8-17-19-20/h4-9,12,14,18H,10-11H2,1-3H3. The molecule has 0 saturated heterocycles. The zero-order valence-electron chi connectivity index (χ0n) is 12.4. The van der Waals surface area contributed by atoms with Crippen LogP contribution in [-0.2, 0) is 0 Å². The van der Waals surface area contributed by atoms with Gasteiger partial charge in [-0.3, -0.25) is 0 Å². The molecule has 1 aromatic heterocycles. The minimum Gasteiger partial charge on any atom is -0.380 e. The van der Waals surface area contributed by atoms with Crippen LogP contribution in [-0.4, -0.2) is 21.0 Å². The number of hydrogen-bond donors (Lipinski definition) is 1. The average Bonchev–Trinajstić information content (AvgIpc) is 2.99. The summed E-state index contributed by atoms with van der Waals surface area (Å²) in [7, 11) is 0. The average molecular weight is 270 g/mol. The van der Waals surface area contributed by atoms with Crippen molar-refractivity contribution in [2.24, 2.45) is 11.3 Å². The Labute approximate surface area is 120 Å². The molecule has 1 fully saturated rings. The van der Waals surface area contributed by atoms with Gasteiger partial charge in [-0.05, 0) is 36.3 Å². The summed E-state index contributed by atoms with van der Waals surface area (Å²) in [6.07, 6.45) is 6.07. The van der Waals surface area contributed by atoms with E-state index in [2.05, 4.69) is 54.6 Å². The summed E-state index contributed by atoms with van der Waals surface area (Å²) in [5.74, 6) is 0.689. The molecule has 0 bridgehead atoms. The maximum atomic E-state index is 4.10. The second-order valence-electron chi connectivity index (χ2n) is 6.67. The minimum absolute atomic E-state index is 0.430. The van der Waals surface area contributed by atoms with E-state index in [0.29, 0.717) is 17.4 Å². The molecule has 2 unspecified atom stereocenters. The maximum Gasteiger partial charge on any atom is 0.0894 e. The van der Waals surface area contributed by atoms with Crippen molar-refractivity contribution in [1.29, 1.82) is 0 Å². The Hall–Kier alpha value is -1.84. The highest BCUT2D eigenvalue weighted by Gasteiger charge is 2.36. The Morgan fingerprint density at radius 1 is 1.25 bits per heavy atom. The van der Waals surface area contributed by atoms with Gasteiger partial charge in [0, 0.05) is 6.04 Å². The van der Waals surface area contributed by atoms with Crippen molar-refractivity contribution in [3.05, 3.63) is 36.7 Å². The number of anilines is 1. The van der Waals surface area contributed by atoms with Crippen molar-refractivity contribution in [1.82, 2.24) is 15.0 Å². The van der Waals surface area contributed by atoms with Gasteiger partial charge in [-0.1, -0.05) is 38.1 Å². The molecule has 106 valence electrons. The van der Waals surface area contributed by atoms with Crippen molar-refractivity contribution < 1.29 is 0 Å². The maximum absolute atomic E-state index is 4.10. The lowest BCUT2D eigenvalue weighted by Gasteiger charge is -2.21. The van der Waals surface area contributed by atoms with E-state index in [1.54, 1.807) is 6.20 Å². The molecule has 4 nitrogen and oxygen atoms in total. The molecule has 0 radical (unpaired) electrons. The highest BCUT2D eigenvalue weighted by Crippen LogP contribution is 2.42. The zero-order chi connectivity index (χ0) is 14.2. The lowest BCUT2D eigenvalue weighted by Crippen LogP contribution is -2.23. The third kappa shape index (κ3) is 2.55. The van der Waals surface area contributed by atoms with E-state index in [9.17, 15) is 0 Å². The third-order valence-corrected chi connectivity index (χ3v) is 4.25. The lowest BCUT2D eigenvalue weighted by atomic mass is 9.91. The molecule has 20 heavy (non-hydrogen) atoms. The first kappa shape index (κ1) is 13.2. The summed E-state index contributed by atoms with van der Waals surface area (Å²) >= 11 is 0. The summed E-state index contributed by atoms with van der Waals surface area (Å²) in [6.45, 7) is 7.05. The molecule has 2 aromatic rings. The summed E-state index contributed by atoms with van der Waals surface area (Å²) in [4.78, 5) is 0. The predicted molar refractivity (Wildman–Crippen MR) is 80.9 cm³/mol. The van der Waals surface area contributed by atoms with Gasteiger partial charge >= 0.3 is 0 Å². The first-order valence-electron chi connectivity index (χ1n) is 7.27. The van der Waals surface area contributed by atoms with E-state index in [1.165, 1.54) is 12.8 Å². The number of aromatic nitrogens is 3. The molecule has 1 saturated carbocycles. The monoisotopic (exact) mass is 270 g/mol. The van der Waals surface area contributed by atoms with Gasteiger partial charge in [0.05, 0.1) is 23.8 Å². The Morgan fingerprint density at radius 3 is 2.70 bits per heavy atom. The quantitative estimate of drug-likeness (QED) is 0.928. The number of hydrogen-bond acceptors (Lipinski definition) is 3. The van der Waals surface area contributed by atoms with E-state index in [1.807, 2.05) is 16.9 Å². The lowest BCUT2D eigenvalue weighted by molar-refractivity contribution is 0.366. The molecule has 3 rings (SSSR count). The Morgan fingerprint density at radius 2 is 2.05 bits per heavy atom. The Kier molecular flexibility index (Phi) is 3.24. The first-order chi connectivity index (χ1) is 9.55. The molecule has 0 amide bonds. The molecular weight excluding hydrogens is 248 g/mol. The molecular formula is C16H22N4. The van der Waals surface area contributed by atoms with Crippen LogP contribution >= 0.6 is 0 Å². The largest absolute Gasteiger partial charge is 0.380 e. The molecule has 1 N–H and O–H groups in total. The first-order valence-corrected chi connectivity index (χ1v) is 7.27. The third-order valence-electron chi connectivity index (χ3n) is 4.25. The second kappa shape index (κ2) is 4.93. The number of nitrogens with zero attached hydrogens (tertiary/aromatic N) is 3. The fraction of sp³-hybridized carbons (Fsp3) is 0.500. The van der Waals surface area contributed by atoms with Gasteiger partial charge in [0.25, 0.3) is 0 Å². The van der Waals surface area contributed by atoms with E-state index in [4.69, 9.17) is 0 Å². The van der Waals surface area contributed by atoms with Crippen molar-refractivity contribution in [3.8, 4) is 5.69 Å². The molecule has 0 spiro atoms. The fourth-order valence-electron chi connectivity index (χ4n) is 3.42. The van der Waals surface area contributed by atoms with Gasteiger partial charge in [0.15, 0.2) is 0 Å². The van der Waals surface area contributed by atoms with Crippen LogP contribution < -0.4 is 5.32 Å². The summed E-state index contributed by atoms with van der Waals surface area (Å²) in [5, 5.41) is 11.7. The van der Waals surface area contributed by atoms with Gasteiger partial charge in [-0.15, -0.1) is 5.10 Å². The van der Waals surface area contributed by atoms with E-state index >= 15 is 0 Å². The van der Waals surface area contributed by atoms with Crippen LogP contribution in [0.4, 0.5) is 5.69 Å². The highest BCUT2D eigenvalue weighted by molar-refractivity contribution is 5.61. The van der Waals surface area contributed by atoms with Crippen LogP contribution in [0.3, 0.4) is 0 Å². The normalized spacial score (nSPS) is 24.8. The van der Waals surface area contributed by atoms with Crippen LogP contribution in [0.5, 0.6) is 0 Å².